The van der Waals surface area contributed by atoms with Gasteiger partial charge in [0, 0.05) is 48.0 Å². The number of carbonyl (C=O) groups excluding carboxylic acids is 3. The van der Waals surface area contributed by atoms with Gasteiger partial charge in [0.2, 0.25) is 0 Å². The molecule has 320 valence electrons. The molecule has 0 aromatic rings. The summed E-state index contributed by atoms with van der Waals surface area (Å²) in [7, 11) is 0. The number of rotatable bonds is 3. The Morgan fingerprint density at radius 1 is 0.839 bits per heavy atom. The lowest BCUT2D eigenvalue weighted by Crippen LogP contribution is -2.62. The Bertz CT molecular complexity index is 1390. The number of esters is 1. The first-order valence-electron chi connectivity index (χ1n) is 21.2. The summed E-state index contributed by atoms with van der Waals surface area (Å²) in [5.74, 6) is -7.28. The van der Waals surface area contributed by atoms with Gasteiger partial charge in [-0.2, -0.15) is 0 Å². The van der Waals surface area contributed by atoms with Crippen molar-refractivity contribution < 1.29 is 54.1 Å². The highest BCUT2D eigenvalue weighted by Gasteiger charge is 2.56. The molecule has 0 aromatic carbocycles. The fraction of sp³-hybridized carbons (Fsp3) is 0.800. The predicted octanol–water partition coefficient (Wildman–Crippen LogP) is 5.88. The number of ketones is 2. The number of hydrogen-bond donors (Lipinski definition) is 5. The van der Waals surface area contributed by atoms with Crippen LogP contribution in [0.5, 0.6) is 0 Å². The molecule has 0 aliphatic carbocycles. The van der Waals surface area contributed by atoms with Gasteiger partial charge in [0.05, 0.1) is 36.6 Å². The molecule has 2 saturated heterocycles. The van der Waals surface area contributed by atoms with Gasteiger partial charge in [0.25, 0.3) is 0 Å². The number of hydrogen-bond acceptors (Lipinski definition) is 11. The van der Waals surface area contributed by atoms with Crippen molar-refractivity contribution in [2.24, 2.45) is 53.3 Å². The molecule has 0 radical (unpaired) electrons. The van der Waals surface area contributed by atoms with Crippen LogP contribution in [-0.4, -0.2) is 97.2 Å². The normalized spacial score (nSPS) is 46.8. The lowest BCUT2D eigenvalue weighted by molar-refractivity contribution is -0.371. The van der Waals surface area contributed by atoms with Crippen molar-refractivity contribution in [2.75, 3.05) is 0 Å². The van der Waals surface area contributed by atoms with E-state index in [2.05, 4.69) is 19.9 Å². The van der Waals surface area contributed by atoms with E-state index in [9.17, 15) is 39.9 Å². The van der Waals surface area contributed by atoms with E-state index in [1.54, 1.807) is 20.8 Å². The van der Waals surface area contributed by atoms with Gasteiger partial charge in [-0.15, -0.1) is 0 Å². The fourth-order valence-electron chi connectivity index (χ4n) is 9.01. The van der Waals surface area contributed by atoms with Crippen molar-refractivity contribution in [2.45, 2.75) is 175 Å². The Labute approximate surface area is 336 Å². The second kappa shape index (κ2) is 20.6. The summed E-state index contributed by atoms with van der Waals surface area (Å²) in [4.78, 5) is 40.5. The third kappa shape index (κ3) is 11.5. The minimum absolute atomic E-state index is 0.168. The highest BCUT2D eigenvalue weighted by molar-refractivity contribution is 5.91. The van der Waals surface area contributed by atoms with Gasteiger partial charge in [0.15, 0.2) is 11.6 Å². The molecule has 11 nitrogen and oxygen atoms in total. The molecular weight excluding hydrogens is 716 g/mol. The molecule has 11 heteroatoms. The van der Waals surface area contributed by atoms with Crippen LogP contribution < -0.4 is 0 Å². The summed E-state index contributed by atoms with van der Waals surface area (Å²) in [6.45, 7) is 19.1. The maximum absolute atomic E-state index is 13.5. The molecule has 0 saturated carbocycles. The van der Waals surface area contributed by atoms with Crippen LogP contribution in [0.1, 0.15) is 121 Å². The summed E-state index contributed by atoms with van der Waals surface area (Å²) in [6, 6.07) is 0. The van der Waals surface area contributed by atoms with Gasteiger partial charge in [-0.05, 0) is 70.1 Å². The van der Waals surface area contributed by atoms with E-state index < -0.39 is 89.0 Å². The van der Waals surface area contributed by atoms with E-state index in [0.717, 1.165) is 19.3 Å². The van der Waals surface area contributed by atoms with Crippen molar-refractivity contribution in [3.8, 4) is 0 Å². The standard InChI is InChI=1S/C45H74O11/c1-12-34-17-15-13-14-16-27(4)42(51)44(11,53)43(52)32(9)40(50)31(8)39(49)30(7)38(48)26(3)18-21-37(47)54-41-29(6)35(20-19-34)55-45(33(41)10)23-22-25(2)36(56-45)24-28(5)46/h13-15,17-18,21,25-36,38,40-42,46,48,50-51,53H,12,16,19-20,22-24H2,1-11H3/b14-13+,17-15+,21-18+/t25-,26+,27+,28-,29-,30?,31-,32?,33?,34+,35+,36-,38-,40+,41-,42?,44+,45+/m1/s1. The average molecular weight is 791 g/mol. The first-order chi connectivity index (χ1) is 26.1. The molecule has 3 heterocycles. The third-order valence-corrected chi connectivity index (χ3v) is 13.4. The Morgan fingerprint density at radius 3 is 2.11 bits per heavy atom. The number of Topliss-reactive ketones (excluding diaryl/α,β-unsaturated/α-hetero) is 2. The Morgan fingerprint density at radius 2 is 1.48 bits per heavy atom. The minimum Gasteiger partial charge on any atom is -0.458 e. The molecular formula is C45H74O11. The highest BCUT2D eigenvalue weighted by atomic mass is 16.7. The lowest BCUT2D eigenvalue weighted by atomic mass is 9.74. The van der Waals surface area contributed by atoms with Gasteiger partial charge in [0.1, 0.15) is 17.5 Å². The second-order valence-electron chi connectivity index (χ2n) is 18.0. The largest absolute Gasteiger partial charge is 0.458 e. The van der Waals surface area contributed by atoms with Crippen LogP contribution in [0.2, 0.25) is 0 Å². The van der Waals surface area contributed by atoms with Crippen molar-refractivity contribution in [3.05, 3.63) is 36.5 Å². The zero-order valence-electron chi connectivity index (χ0n) is 35.8. The summed E-state index contributed by atoms with van der Waals surface area (Å²) < 4.78 is 20.0. The van der Waals surface area contributed by atoms with Gasteiger partial charge in [-0.25, -0.2) is 4.79 Å². The molecule has 2 fully saturated rings. The smallest absolute Gasteiger partial charge is 0.330 e. The van der Waals surface area contributed by atoms with Crippen LogP contribution in [-0.2, 0) is 28.6 Å². The molecule has 4 unspecified atom stereocenters. The van der Waals surface area contributed by atoms with E-state index in [0.29, 0.717) is 25.7 Å². The molecule has 0 aromatic heterocycles. The van der Waals surface area contributed by atoms with Crippen molar-refractivity contribution in [1.29, 1.82) is 0 Å². The van der Waals surface area contributed by atoms with Crippen LogP contribution in [0.25, 0.3) is 0 Å². The summed E-state index contributed by atoms with van der Waals surface area (Å²) in [5.41, 5.74) is -2.18. The molecule has 3 rings (SSSR count). The molecule has 2 bridgehead atoms. The number of ether oxygens (including phenoxy) is 3. The number of fused-ring (bicyclic) bond motifs is 2. The van der Waals surface area contributed by atoms with E-state index >= 15 is 0 Å². The second-order valence-corrected chi connectivity index (χ2v) is 18.0. The first kappa shape index (κ1) is 48.1. The van der Waals surface area contributed by atoms with Gasteiger partial charge < -0.3 is 39.7 Å². The zero-order chi connectivity index (χ0) is 42.3. The number of allylic oxidation sites excluding steroid dienone is 4. The maximum Gasteiger partial charge on any atom is 0.330 e. The van der Waals surface area contributed by atoms with Crippen molar-refractivity contribution in [3.63, 3.8) is 0 Å². The van der Waals surface area contributed by atoms with Crippen LogP contribution in [0.3, 0.4) is 0 Å². The van der Waals surface area contributed by atoms with Gasteiger partial charge in [-0.1, -0.05) is 92.7 Å². The Balaban J connectivity index is 1.99. The van der Waals surface area contributed by atoms with E-state index in [-0.39, 0.29) is 35.9 Å². The summed E-state index contributed by atoms with van der Waals surface area (Å²) in [5, 5.41) is 55.0. The Hall–Kier alpha value is -2.25. The maximum atomic E-state index is 13.5. The third-order valence-electron chi connectivity index (χ3n) is 13.4. The van der Waals surface area contributed by atoms with E-state index in [4.69, 9.17) is 14.2 Å². The quantitative estimate of drug-likeness (QED) is 0.216. The molecule has 1 spiro atoms. The monoisotopic (exact) mass is 791 g/mol. The zero-order valence-corrected chi connectivity index (χ0v) is 35.8. The molecule has 5 N–H and O–H groups in total. The molecule has 3 aliphatic heterocycles. The van der Waals surface area contributed by atoms with Crippen LogP contribution >= 0.6 is 0 Å². The van der Waals surface area contributed by atoms with Crippen LogP contribution in [0.15, 0.2) is 36.5 Å². The molecule has 56 heavy (non-hydrogen) atoms. The number of aliphatic hydroxyl groups is 5. The Kier molecular flexibility index (Phi) is 17.7. The topological polar surface area (TPSA) is 180 Å². The van der Waals surface area contributed by atoms with Crippen molar-refractivity contribution in [1.82, 2.24) is 0 Å². The fourth-order valence-corrected chi connectivity index (χ4v) is 9.01. The highest BCUT2D eigenvalue weighted by Crippen LogP contribution is 2.49. The SMILES string of the molecule is CC[C@H]1/C=C/C=C/C[C@H](C)C(O)[C@](C)(O)C(=O)C(C)[C@@H](O)[C@H](C)C(=O)C(C)[C@H](O)[C@@H](C)/C=C/C(=O)O[C@H]2C(C)[C@@]3(CC[C@@H](C)[C@@H](C[C@@H](C)O)O3)O[C@@H](CC1)[C@H]2C. The summed E-state index contributed by atoms with van der Waals surface area (Å²) >= 11 is 0. The molecule has 18 atom stereocenters. The van der Waals surface area contributed by atoms with E-state index in [1.165, 1.54) is 39.8 Å². The predicted molar refractivity (Wildman–Crippen MR) is 215 cm³/mol. The number of carbonyl (C=O) groups is 3. The molecule has 0 amide bonds. The van der Waals surface area contributed by atoms with Crippen molar-refractivity contribution >= 4 is 17.5 Å². The lowest BCUT2D eigenvalue weighted by Gasteiger charge is -2.55. The average Bonchev–Trinajstić information content (AvgIpc) is 3.16. The van der Waals surface area contributed by atoms with Gasteiger partial charge >= 0.3 is 5.97 Å². The van der Waals surface area contributed by atoms with Gasteiger partial charge in [-0.3, -0.25) is 9.59 Å². The van der Waals surface area contributed by atoms with Crippen LogP contribution in [0.4, 0.5) is 0 Å². The summed E-state index contributed by atoms with van der Waals surface area (Å²) in [6.07, 6.45) is 9.62. The van der Waals surface area contributed by atoms with E-state index in [1.807, 2.05) is 32.1 Å². The minimum atomic E-state index is -2.18. The van der Waals surface area contributed by atoms with Crippen LogP contribution in [0, 0.1) is 53.3 Å². The molecule has 3 aliphatic rings. The first-order valence-corrected chi connectivity index (χ1v) is 21.2. The number of aliphatic hydroxyl groups excluding tert-OH is 4.